The molecule has 0 heterocycles. The van der Waals surface area contributed by atoms with Crippen molar-refractivity contribution in [2.24, 2.45) is 22.2 Å². The van der Waals surface area contributed by atoms with Crippen LogP contribution in [0.4, 0.5) is 0 Å². The van der Waals surface area contributed by atoms with Crippen LogP contribution in [0, 0.1) is 33.5 Å². The quantitative estimate of drug-likeness (QED) is 0.823. The van der Waals surface area contributed by atoms with Gasteiger partial charge in [-0.15, -0.1) is 0 Å². The number of nitrogens with zero attached hydrogens (tertiary/aromatic N) is 1. The number of rotatable bonds is 4. The molecule has 2 aliphatic rings. The Morgan fingerprint density at radius 2 is 2.00 bits per heavy atom. The maximum absolute atomic E-state index is 9.07. The lowest BCUT2D eigenvalue weighted by molar-refractivity contribution is 0.107. The van der Waals surface area contributed by atoms with Crippen molar-refractivity contribution < 1.29 is 0 Å². The largest absolute Gasteiger partial charge is 0.313 e. The van der Waals surface area contributed by atoms with Gasteiger partial charge in [0, 0.05) is 6.04 Å². The molecular formula is C16H28N2. The molecule has 1 N–H and O–H groups in total. The second-order valence-corrected chi connectivity index (χ2v) is 8.05. The van der Waals surface area contributed by atoms with E-state index < -0.39 is 0 Å². The van der Waals surface area contributed by atoms with Crippen molar-refractivity contribution in [1.29, 1.82) is 5.26 Å². The van der Waals surface area contributed by atoms with Crippen molar-refractivity contribution in [1.82, 2.24) is 5.32 Å². The number of hydrogen-bond acceptors (Lipinski definition) is 2. The van der Waals surface area contributed by atoms with Crippen molar-refractivity contribution in [3.63, 3.8) is 0 Å². The highest BCUT2D eigenvalue weighted by atomic mass is 15.0. The van der Waals surface area contributed by atoms with Crippen LogP contribution in [-0.4, -0.2) is 12.6 Å². The molecule has 2 aliphatic carbocycles. The Balaban J connectivity index is 1.96. The highest BCUT2D eigenvalue weighted by Gasteiger charge is 2.58. The van der Waals surface area contributed by atoms with E-state index in [1.807, 2.05) is 13.8 Å². The van der Waals surface area contributed by atoms with Crippen LogP contribution in [-0.2, 0) is 0 Å². The van der Waals surface area contributed by atoms with E-state index in [0.29, 0.717) is 16.9 Å². The van der Waals surface area contributed by atoms with E-state index in [4.69, 9.17) is 5.26 Å². The number of fused-ring (bicyclic) bond motifs is 2. The third-order valence-electron chi connectivity index (χ3n) is 5.67. The summed E-state index contributed by atoms with van der Waals surface area (Å²) in [5.41, 5.74) is 0.713. The van der Waals surface area contributed by atoms with Crippen molar-refractivity contribution in [3.8, 4) is 6.07 Å². The van der Waals surface area contributed by atoms with E-state index in [9.17, 15) is 0 Å². The van der Waals surface area contributed by atoms with Gasteiger partial charge in [-0.1, -0.05) is 20.8 Å². The number of nitrogens with one attached hydrogen (secondary N) is 1. The highest BCUT2D eigenvalue weighted by molar-refractivity contribution is 5.12. The first-order chi connectivity index (χ1) is 8.21. The fraction of sp³-hybridized carbons (Fsp3) is 0.938. The summed E-state index contributed by atoms with van der Waals surface area (Å²) in [5.74, 6) is 0.893. The molecule has 2 heteroatoms. The first-order valence-electron chi connectivity index (χ1n) is 7.36. The zero-order valence-electron chi connectivity index (χ0n) is 12.6. The lowest BCUT2D eigenvalue weighted by Gasteiger charge is -2.43. The molecule has 18 heavy (non-hydrogen) atoms. The van der Waals surface area contributed by atoms with Crippen LogP contribution in [0.2, 0.25) is 0 Å². The molecule has 2 saturated carbocycles. The standard InChI is InChI=1S/C16H28N2/c1-14(2,11-17)8-9-18-13-15(3,4)12-6-7-16(13,5)10-12/h12-13,18H,6-10H2,1-5H3. The van der Waals surface area contributed by atoms with Gasteiger partial charge in [-0.25, -0.2) is 0 Å². The zero-order valence-corrected chi connectivity index (χ0v) is 12.6. The van der Waals surface area contributed by atoms with E-state index in [1.165, 1.54) is 19.3 Å². The molecule has 0 aliphatic heterocycles. The SMILES string of the molecule is CC(C)(C#N)CCNC1C2(C)CCC(C2)C1(C)C. The molecule has 0 aromatic heterocycles. The van der Waals surface area contributed by atoms with Crippen molar-refractivity contribution in [2.75, 3.05) is 6.54 Å². The summed E-state index contributed by atoms with van der Waals surface area (Å²) in [6, 6.07) is 3.01. The fourth-order valence-electron chi connectivity index (χ4n) is 4.40. The highest BCUT2D eigenvalue weighted by Crippen LogP contribution is 2.62. The summed E-state index contributed by atoms with van der Waals surface area (Å²) < 4.78 is 0. The van der Waals surface area contributed by atoms with Crippen molar-refractivity contribution in [2.45, 2.75) is 66.3 Å². The Morgan fingerprint density at radius 1 is 1.33 bits per heavy atom. The van der Waals surface area contributed by atoms with E-state index in [1.54, 1.807) is 0 Å². The van der Waals surface area contributed by atoms with E-state index >= 15 is 0 Å². The van der Waals surface area contributed by atoms with Gasteiger partial charge in [-0.3, -0.25) is 0 Å². The van der Waals surface area contributed by atoms with Crippen LogP contribution >= 0.6 is 0 Å². The summed E-state index contributed by atoms with van der Waals surface area (Å²) >= 11 is 0. The predicted octanol–water partition coefficient (Wildman–Crippen LogP) is 3.73. The van der Waals surface area contributed by atoms with Gasteiger partial charge in [0.25, 0.3) is 0 Å². The third kappa shape index (κ3) is 2.18. The van der Waals surface area contributed by atoms with Crippen LogP contribution in [0.3, 0.4) is 0 Å². The molecule has 0 radical (unpaired) electrons. The van der Waals surface area contributed by atoms with Gasteiger partial charge in [0.15, 0.2) is 0 Å². The Hall–Kier alpha value is -0.550. The minimum atomic E-state index is -0.199. The molecule has 2 rings (SSSR count). The van der Waals surface area contributed by atoms with Crippen LogP contribution in [0.25, 0.3) is 0 Å². The maximum Gasteiger partial charge on any atom is 0.0684 e. The first-order valence-corrected chi connectivity index (χ1v) is 7.36. The Bertz CT molecular complexity index is 359. The van der Waals surface area contributed by atoms with Gasteiger partial charge in [-0.2, -0.15) is 5.26 Å². The second kappa shape index (κ2) is 4.23. The topological polar surface area (TPSA) is 35.8 Å². The summed E-state index contributed by atoms with van der Waals surface area (Å²) in [6.07, 6.45) is 5.11. The fourth-order valence-corrected chi connectivity index (χ4v) is 4.40. The third-order valence-corrected chi connectivity index (χ3v) is 5.67. The molecule has 0 amide bonds. The number of nitriles is 1. The minimum absolute atomic E-state index is 0.199. The first kappa shape index (κ1) is 13.9. The second-order valence-electron chi connectivity index (χ2n) is 8.05. The lowest BCUT2D eigenvalue weighted by Crippen LogP contribution is -2.50. The van der Waals surface area contributed by atoms with E-state index in [0.717, 1.165) is 18.9 Å². The summed E-state index contributed by atoms with van der Waals surface area (Å²) in [7, 11) is 0. The monoisotopic (exact) mass is 248 g/mol. The predicted molar refractivity (Wildman–Crippen MR) is 75.0 cm³/mol. The minimum Gasteiger partial charge on any atom is -0.313 e. The molecule has 2 nitrogen and oxygen atoms in total. The molecule has 2 bridgehead atoms. The van der Waals surface area contributed by atoms with Crippen LogP contribution in [0.15, 0.2) is 0 Å². The molecule has 0 saturated heterocycles. The molecule has 0 spiro atoms. The normalized spacial score (nSPS) is 37.8. The van der Waals surface area contributed by atoms with Crippen LogP contribution in [0.1, 0.15) is 60.3 Å². The van der Waals surface area contributed by atoms with E-state index in [-0.39, 0.29) is 5.41 Å². The van der Waals surface area contributed by atoms with Crippen molar-refractivity contribution >= 4 is 0 Å². The molecule has 3 unspecified atom stereocenters. The van der Waals surface area contributed by atoms with Gasteiger partial charge < -0.3 is 5.32 Å². The summed E-state index contributed by atoms with van der Waals surface area (Å²) in [4.78, 5) is 0. The molecule has 3 atom stereocenters. The van der Waals surface area contributed by atoms with Gasteiger partial charge in [0.2, 0.25) is 0 Å². The molecular weight excluding hydrogens is 220 g/mol. The Morgan fingerprint density at radius 3 is 2.50 bits per heavy atom. The van der Waals surface area contributed by atoms with Gasteiger partial charge >= 0.3 is 0 Å². The molecule has 2 fully saturated rings. The molecule has 0 aromatic carbocycles. The average Bonchev–Trinajstić information content (AvgIpc) is 2.74. The summed E-state index contributed by atoms with van der Waals surface area (Å²) in [6.45, 7) is 12.3. The smallest absolute Gasteiger partial charge is 0.0684 e. The van der Waals surface area contributed by atoms with Crippen LogP contribution < -0.4 is 5.32 Å². The Kier molecular flexibility index (Phi) is 3.26. The molecule has 0 aromatic rings. The van der Waals surface area contributed by atoms with Crippen LogP contribution in [0.5, 0.6) is 0 Å². The van der Waals surface area contributed by atoms with Gasteiger partial charge in [0.1, 0.15) is 0 Å². The van der Waals surface area contributed by atoms with Gasteiger partial charge in [0.05, 0.1) is 11.5 Å². The number of hydrogen-bond donors (Lipinski definition) is 1. The Labute approximate surface area is 112 Å². The lowest BCUT2D eigenvalue weighted by atomic mass is 9.68. The van der Waals surface area contributed by atoms with Crippen molar-refractivity contribution in [3.05, 3.63) is 0 Å². The molecule has 102 valence electrons. The van der Waals surface area contributed by atoms with E-state index in [2.05, 4.69) is 32.2 Å². The van der Waals surface area contributed by atoms with Gasteiger partial charge in [-0.05, 0) is 62.8 Å². The summed E-state index contributed by atoms with van der Waals surface area (Å²) in [5, 5.41) is 12.8. The zero-order chi connectivity index (χ0) is 13.6. The maximum atomic E-state index is 9.07. The average molecular weight is 248 g/mol.